The summed E-state index contributed by atoms with van der Waals surface area (Å²) in [6, 6.07) is 13.9. The lowest BCUT2D eigenvalue weighted by Gasteiger charge is -2.34. The summed E-state index contributed by atoms with van der Waals surface area (Å²) in [5, 5.41) is 6.23. The third-order valence-corrected chi connectivity index (χ3v) is 6.28. The third-order valence-electron chi connectivity index (χ3n) is 6.28. The maximum Gasteiger partial charge on any atom is 0.254 e. The van der Waals surface area contributed by atoms with Crippen LogP contribution in [0.15, 0.2) is 47.0 Å². The molecule has 2 heterocycles. The molecule has 1 amide bonds. The first-order valence-electron chi connectivity index (χ1n) is 10.0. The number of carbonyl (C=O) groups excluding carboxylic acids is 1. The Hall–Kier alpha value is -2.73. The van der Waals surface area contributed by atoms with Crippen molar-refractivity contribution in [2.45, 2.75) is 43.6 Å². The highest BCUT2D eigenvalue weighted by Gasteiger charge is 2.40. The molecule has 0 spiro atoms. The number of piperidine rings is 1. The van der Waals surface area contributed by atoms with Crippen molar-refractivity contribution in [1.82, 2.24) is 15.0 Å². The Morgan fingerprint density at radius 1 is 1.11 bits per heavy atom. The molecule has 1 saturated heterocycles. The van der Waals surface area contributed by atoms with Crippen LogP contribution in [0.1, 0.15) is 60.1 Å². The maximum absolute atomic E-state index is 13.1. The first kappa shape index (κ1) is 17.4. The van der Waals surface area contributed by atoms with Crippen molar-refractivity contribution in [2.24, 2.45) is 5.73 Å². The van der Waals surface area contributed by atoms with Crippen LogP contribution in [0.3, 0.4) is 0 Å². The van der Waals surface area contributed by atoms with E-state index in [2.05, 4.69) is 10.1 Å². The SMILES string of the molecule is NC1(c2noc(C3CCN(C(=O)c4cccc5ccccc45)CC3)n2)CCC1. The van der Waals surface area contributed by atoms with Crippen molar-refractivity contribution in [1.29, 1.82) is 0 Å². The van der Waals surface area contributed by atoms with E-state index in [4.69, 9.17) is 10.3 Å². The summed E-state index contributed by atoms with van der Waals surface area (Å²) in [5.41, 5.74) is 6.67. The summed E-state index contributed by atoms with van der Waals surface area (Å²) in [4.78, 5) is 19.6. The molecule has 2 aliphatic rings. The minimum atomic E-state index is -0.396. The Morgan fingerprint density at radius 3 is 2.61 bits per heavy atom. The lowest BCUT2D eigenvalue weighted by atomic mass is 9.77. The van der Waals surface area contributed by atoms with E-state index in [0.29, 0.717) is 24.8 Å². The van der Waals surface area contributed by atoms with Crippen LogP contribution in [-0.2, 0) is 5.54 Å². The van der Waals surface area contributed by atoms with Gasteiger partial charge in [0.05, 0.1) is 5.54 Å². The molecule has 2 N–H and O–H groups in total. The first-order chi connectivity index (χ1) is 13.6. The summed E-state index contributed by atoms with van der Waals surface area (Å²) < 4.78 is 5.52. The Labute approximate surface area is 163 Å². The van der Waals surface area contributed by atoms with E-state index >= 15 is 0 Å². The minimum absolute atomic E-state index is 0.0943. The number of hydrogen-bond donors (Lipinski definition) is 1. The predicted molar refractivity (Wildman–Crippen MR) is 106 cm³/mol. The molecule has 1 aliphatic carbocycles. The molecule has 144 valence electrons. The van der Waals surface area contributed by atoms with Gasteiger partial charge in [-0.05, 0) is 48.9 Å². The van der Waals surface area contributed by atoms with Crippen LogP contribution in [-0.4, -0.2) is 34.0 Å². The monoisotopic (exact) mass is 376 g/mol. The van der Waals surface area contributed by atoms with Gasteiger partial charge in [0, 0.05) is 24.6 Å². The standard InChI is InChI=1S/C22H24N4O2/c23-22(11-4-12-22)21-24-19(28-25-21)16-9-13-26(14-10-16)20(27)18-8-3-6-15-5-1-2-7-17(15)18/h1-3,5-8,16H,4,9-14,23H2. The second kappa shape index (κ2) is 6.71. The number of aromatic nitrogens is 2. The molecule has 3 aromatic rings. The lowest BCUT2D eigenvalue weighted by molar-refractivity contribution is 0.0706. The van der Waals surface area contributed by atoms with E-state index in [1.54, 1.807) is 0 Å². The van der Waals surface area contributed by atoms with Crippen LogP contribution in [0.2, 0.25) is 0 Å². The Bertz CT molecular complexity index is 1010. The van der Waals surface area contributed by atoms with Gasteiger partial charge in [-0.15, -0.1) is 0 Å². The number of nitrogens with two attached hydrogens (primary N) is 1. The Morgan fingerprint density at radius 2 is 1.86 bits per heavy atom. The van der Waals surface area contributed by atoms with E-state index in [9.17, 15) is 4.79 Å². The Balaban J connectivity index is 1.29. The summed E-state index contributed by atoms with van der Waals surface area (Å²) in [6.45, 7) is 1.39. The van der Waals surface area contributed by atoms with Gasteiger partial charge in [-0.3, -0.25) is 4.79 Å². The second-order valence-electron chi connectivity index (χ2n) is 8.06. The lowest BCUT2D eigenvalue weighted by Crippen LogP contribution is -2.44. The molecule has 0 radical (unpaired) electrons. The number of carbonyl (C=O) groups is 1. The summed E-state index contributed by atoms with van der Waals surface area (Å²) >= 11 is 0. The van der Waals surface area contributed by atoms with Crippen molar-refractivity contribution in [3.8, 4) is 0 Å². The van der Waals surface area contributed by atoms with E-state index < -0.39 is 5.54 Å². The van der Waals surface area contributed by atoms with Crippen LogP contribution in [0.5, 0.6) is 0 Å². The normalized spacial score (nSPS) is 19.5. The molecule has 1 saturated carbocycles. The van der Waals surface area contributed by atoms with Gasteiger partial charge in [-0.25, -0.2) is 0 Å². The highest BCUT2D eigenvalue weighted by Crippen LogP contribution is 2.38. The molecule has 0 unspecified atom stereocenters. The molecule has 2 aromatic carbocycles. The van der Waals surface area contributed by atoms with Crippen LogP contribution in [0, 0.1) is 0 Å². The fourth-order valence-corrected chi connectivity index (χ4v) is 4.30. The van der Waals surface area contributed by atoms with Crippen molar-refractivity contribution in [3.63, 3.8) is 0 Å². The molecule has 6 heteroatoms. The zero-order chi connectivity index (χ0) is 19.1. The number of nitrogens with zero attached hydrogens (tertiary/aromatic N) is 3. The molecule has 0 atom stereocenters. The van der Waals surface area contributed by atoms with E-state index in [1.165, 1.54) is 0 Å². The molecule has 6 nitrogen and oxygen atoms in total. The second-order valence-corrected chi connectivity index (χ2v) is 8.06. The van der Waals surface area contributed by atoms with Crippen LogP contribution >= 0.6 is 0 Å². The summed E-state index contributed by atoms with van der Waals surface area (Å²) in [6.07, 6.45) is 4.62. The van der Waals surface area contributed by atoms with Crippen molar-refractivity contribution >= 4 is 16.7 Å². The predicted octanol–water partition coefficient (Wildman–Crippen LogP) is 3.58. The van der Waals surface area contributed by atoms with Gasteiger partial charge >= 0.3 is 0 Å². The number of hydrogen-bond acceptors (Lipinski definition) is 5. The van der Waals surface area contributed by atoms with Gasteiger partial charge in [0.15, 0.2) is 5.82 Å². The van der Waals surface area contributed by atoms with Gasteiger partial charge in [-0.1, -0.05) is 41.6 Å². The highest BCUT2D eigenvalue weighted by molar-refractivity contribution is 6.07. The summed E-state index contributed by atoms with van der Waals surface area (Å²) in [7, 11) is 0. The molecule has 1 aliphatic heterocycles. The number of benzene rings is 2. The minimum Gasteiger partial charge on any atom is -0.339 e. The van der Waals surface area contributed by atoms with E-state index in [0.717, 1.165) is 48.4 Å². The fourth-order valence-electron chi connectivity index (χ4n) is 4.30. The van der Waals surface area contributed by atoms with Crippen molar-refractivity contribution in [3.05, 3.63) is 59.7 Å². The molecule has 28 heavy (non-hydrogen) atoms. The zero-order valence-electron chi connectivity index (χ0n) is 15.8. The van der Waals surface area contributed by atoms with Crippen LogP contribution in [0.25, 0.3) is 10.8 Å². The molecule has 0 bridgehead atoms. The molecule has 1 aromatic heterocycles. The van der Waals surface area contributed by atoms with Gasteiger partial charge < -0.3 is 15.2 Å². The number of fused-ring (bicyclic) bond motifs is 1. The first-order valence-corrected chi connectivity index (χ1v) is 10.0. The number of amides is 1. The van der Waals surface area contributed by atoms with Crippen LogP contribution in [0.4, 0.5) is 0 Å². The topological polar surface area (TPSA) is 85.2 Å². The molecule has 5 rings (SSSR count). The zero-order valence-corrected chi connectivity index (χ0v) is 15.8. The number of likely N-dealkylation sites (tertiary alicyclic amines) is 1. The van der Waals surface area contributed by atoms with Gasteiger partial charge in [0.2, 0.25) is 5.89 Å². The smallest absolute Gasteiger partial charge is 0.254 e. The van der Waals surface area contributed by atoms with Gasteiger partial charge in [0.1, 0.15) is 0 Å². The number of rotatable bonds is 3. The van der Waals surface area contributed by atoms with Crippen LogP contribution < -0.4 is 5.73 Å². The van der Waals surface area contributed by atoms with Gasteiger partial charge in [0.25, 0.3) is 5.91 Å². The van der Waals surface area contributed by atoms with Crippen molar-refractivity contribution < 1.29 is 9.32 Å². The Kier molecular flexibility index (Phi) is 4.16. The quantitative estimate of drug-likeness (QED) is 0.755. The maximum atomic E-state index is 13.1. The van der Waals surface area contributed by atoms with Crippen molar-refractivity contribution in [2.75, 3.05) is 13.1 Å². The average Bonchev–Trinajstić information content (AvgIpc) is 3.22. The molecule has 2 fully saturated rings. The summed E-state index contributed by atoms with van der Waals surface area (Å²) in [5.74, 6) is 1.60. The highest BCUT2D eigenvalue weighted by atomic mass is 16.5. The average molecular weight is 376 g/mol. The fraction of sp³-hybridized carbons (Fsp3) is 0.409. The largest absolute Gasteiger partial charge is 0.339 e. The third kappa shape index (κ3) is 2.88. The molecular formula is C22H24N4O2. The van der Waals surface area contributed by atoms with E-state index in [1.807, 2.05) is 47.4 Å². The van der Waals surface area contributed by atoms with Gasteiger partial charge in [-0.2, -0.15) is 4.98 Å². The van der Waals surface area contributed by atoms with E-state index in [-0.39, 0.29) is 11.8 Å². The molecular weight excluding hydrogens is 352 g/mol.